The second kappa shape index (κ2) is 22.2. The number of likely N-dealkylation sites (tertiary alicyclic amines) is 1. The molecule has 1 saturated heterocycles. The number of nitrogens with zero attached hydrogens (tertiary/aromatic N) is 2. The van der Waals surface area contributed by atoms with Crippen LogP contribution in [0.3, 0.4) is 0 Å². The van der Waals surface area contributed by atoms with Crippen LogP contribution in [0.1, 0.15) is 85.8 Å². The molecule has 1 heterocycles. The molecule has 17 nitrogen and oxygen atoms in total. The number of hydrogen-bond donors (Lipinski definition) is 7. The fourth-order valence-electron chi connectivity index (χ4n) is 6.85. The van der Waals surface area contributed by atoms with Gasteiger partial charge < -0.3 is 42.1 Å². The van der Waals surface area contributed by atoms with Gasteiger partial charge in [-0.3, -0.25) is 38.5 Å². The highest BCUT2D eigenvalue weighted by molar-refractivity contribution is 8.00. The van der Waals surface area contributed by atoms with Crippen molar-refractivity contribution in [1.82, 2.24) is 31.1 Å². The predicted octanol–water partition coefficient (Wildman–Crippen LogP) is 1.56. The van der Waals surface area contributed by atoms with E-state index in [0.29, 0.717) is 0 Å². The molecular weight excluding hydrogens is 795 g/mol. The van der Waals surface area contributed by atoms with Crippen LogP contribution in [0.25, 0.3) is 0 Å². The Hall–Kier alpha value is -4.81. The number of benzene rings is 1. The molecule has 0 radical (unpaired) electrons. The van der Waals surface area contributed by atoms with Crippen LogP contribution < -0.4 is 27.0 Å². The Balaban J connectivity index is 2.08. The van der Waals surface area contributed by atoms with E-state index in [9.17, 15) is 43.5 Å². The summed E-state index contributed by atoms with van der Waals surface area (Å²) in [6, 6.07) is 3.02. The lowest BCUT2D eigenvalue weighted by Gasteiger charge is -2.40. The first kappa shape index (κ1) is 51.3. The highest BCUT2D eigenvalue weighted by Gasteiger charge is 2.42. The minimum absolute atomic E-state index is 0.0550. The Morgan fingerprint density at radius 1 is 1.02 bits per heavy atom. The van der Waals surface area contributed by atoms with E-state index in [1.165, 1.54) is 11.8 Å². The van der Waals surface area contributed by atoms with Crippen molar-refractivity contribution in [2.45, 2.75) is 122 Å². The van der Waals surface area contributed by atoms with Crippen molar-refractivity contribution in [3.05, 3.63) is 47.0 Å². The van der Waals surface area contributed by atoms with Gasteiger partial charge in [0.25, 0.3) is 0 Å². The molecule has 1 aliphatic rings. The summed E-state index contributed by atoms with van der Waals surface area (Å²) < 4.78 is 0. The van der Waals surface area contributed by atoms with Crippen LogP contribution in [-0.2, 0) is 43.8 Å². The van der Waals surface area contributed by atoms with Gasteiger partial charge in [-0.25, -0.2) is 4.79 Å². The van der Waals surface area contributed by atoms with E-state index in [4.69, 9.17) is 10.8 Å². The summed E-state index contributed by atoms with van der Waals surface area (Å²) in [6.07, 6.45) is 0.892. The third-order valence-electron chi connectivity index (χ3n) is 10.6. The number of thioether (sulfide) groups is 1. The molecule has 1 aromatic rings. The summed E-state index contributed by atoms with van der Waals surface area (Å²) in [5, 5.41) is 29.2. The first-order chi connectivity index (χ1) is 27.7. The van der Waals surface area contributed by atoms with Crippen molar-refractivity contribution in [1.29, 1.82) is 0 Å². The minimum atomic E-state index is -1.44. The van der Waals surface area contributed by atoms with Crippen LogP contribution in [0.5, 0.6) is 0 Å². The predicted molar refractivity (Wildman–Crippen MR) is 229 cm³/mol. The minimum Gasteiger partial charge on any atom is -0.480 e. The van der Waals surface area contributed by atoms with E-state index in [1.54, 1.807) is 20.2 Å². The second-order valence-corrected chi connectivity index (χ2v) is 18.5. The quantitative estimate of drug-likeness (QED) is 0.0646. The highest BCUT2D eigenvalue weighted by Crippen LogP contribution is 2.30. The van der Waals surface area contributed by atoms with Crippen molar-refractivity contribution < 1.29 is 48.6 Å². The number of amides is 6. The molecule has 0 saturated carbocycles. The molecule has 1 aromatic carbocycles. The highest BCUT2D eigenvalue weighted by atomic mass is 32.2. The Bertz CT molecular complexity index is 1790. The van der Waals surface area contributed by atoms with Crippen LogP contribution >= 0.6 is 11.8 Å². The summed E-state index contributed by atoms with van der Waals surface area (Å²) in [7, 11) is 3.29. The summed E-state index contributed by atoms with van der Waals surface area (Å²) in [6.45, 7) is 16.5. The third kappa shape index (κ3) is 14.1. The number of hydrogen-bond acceptors (Lipinski definition) is 11. The molecule has 60 heavy (non-hydrogen) atoms. The molecule has 2 rings (SSSR count). The monoisotopic (exact) mass is 859 g/mol. The van der Waals surface area contributed by atoms with Crippen molar-refractivity contribution in [2.75, 3.05) is 32.9 Å². The van der Waals surface area contributed by atoms with E-state index in [1.807, 2.05) is 79.7 Å². The zero-order valence-electron chi connectivity index (χ0n) is 36.7. The van der Waals surface area contributed by atoms with E-state index < -0.39 is 81.9 Å². The van der Waals surface area contributed by atoms with Crippen molar-refractivity contribution in [3.8, 4) is 0 Å². The lowest BCUT2D eigenvalue weighted by molar-refractivity contribution is -0.142. The Morgan fingerprint density at radius 2 is 1.65 bits per heavy atom. The fraction of sp³-hybridized carbons (Fsp3) is 0.619. The Labute approximate surface area is 357 Å². The average Bonchev–Trinajstić information content (AvgIpc) is 3.42. The number of carbonyl (C=O) groups is 8. The number of rotatable bonds is 22. The standard InChI is InChI=1S/C42H65N7O10S/c1-23(2)29(48(11)38(55)34(41(5,6)7)47-36(53)33(44-10)42(8,9)26-14-12-13-24(3)19-26)20-25(4)35(52)46-28(40(58)59)15-16-31(50)45-17-18-49-32(51)21-30(37(49)54)60-22-27(43)39(56)57/h12-14,19-20,23,27-30,33-34,44H,15-18,21-22,43H2,1-11H3,(H,45,50)(H,46,52)(H,47,53)(H,56,57)(H,58,59)/b25-20+/t27-,28+,29+,30?,33+,34?/m0/s1. The van der Waals surface area contributed by atoms with Gasteiger partial charge in [0.2, 0.25) is 35.4 Å². The number of nitrogens with one attached hydrogen (secondary N) is 4. The lowest BCUT2D eigenvalue weighted by Crippen LogP contribution is -2.61. The van der Waals surface area contributed by atoms with Crippen LogP contribution in [0.15, 0.2) is 35.9 Å². The van der Waals surface area contributed by atoms with E-state index >= 15 is 0 Å². The molecule has 1 aliphatic heterocycles. The normalized spacial score (nSPS) is 17.4. The molecule has 6 amide bonds. The number of carbonyl (C=O) groups excluding carboxylic acids is 6. The SMILES string of the molecule is CN[C@H](C(=O)NC(C(=O)N(C)[C@H](/C=C(\C)C(=O)N[C@H](CCC(=O)NCCN1C(=O)CC(SC[C@H](N)C(=O)O)C1=O)C(=O)O)C(C)C)C(C)(C)C)C(C)(C)c1cccc(C)c1. The van der Waals surface area contributed by atoms with Crippen LogP contribution in [0, 0.1) is 18.3 Å². The average molecular weight is 860 g/mol. The molecule has 0 aromatic heterocycles. The lowest BCUT2D eigenvalue weighted by atomic mass is 9.76. The summed E-state index contributed by atoms with van der Waals surface area (Å²) >= 11 is 0.976. The molecule has 334 valence electrons. The van der Waals surface area contributed by atoms with Gasteiger partial charge in [0.05, 0.1) is 17.3 Å². The number of aliphatic carboxylic acids is 2. The summed E-state index contributed by atoms with van der Waals surface area (Å²) in [4.78, 5) is 105. The topological polar surface area (TPSA) is 258 Å². The van der Waals surface area contributed by atoms with Gasteiger partial charge in [-0.05, 0) is 44.2 Å². The van der Waals surface area contributed by atoms with E-state index in [0.717, 1.165) is 27.8 Å². The Morgan fingerprint density at radius 3 is 2.18 bits per heavy atom. The first-order valence-corrected chi connectivity index (χ1v) is 21.0. The maximum Gasteiger partial charge on any atom is 0.326 e. The van der Waals surface area contributed by atoms with E-state index in [-0.39, 0.29) is 61.4 Å². The van der Waals surface area contributed by atoms with E-state index in [2.05, 4.69) is 21.3 Å². The van der Waals surface area contributed by atoms with Crippen LogP contribution in [0.2, 0.25) is 0 Å². The maximum absolute atomic E-state index is 14.3. The molecule has 18 heteroatoms. The molecule has 1 fully saturated rings. The molecule has 2 unspecified atom stereocenters. The third-order valence-corrected chi connectivity index (χ3v) is 11.9. The van der Waals surface area contributed by atoms with Crippen LogP contribution in [-0.4, -0.2) is 136 Å². The molecule has 6 atom stereocenters. The van der Waals surface area contributed by atoms with Gasteiger partial charge in [0.1, 0.15) is 18.1 Å². The number of carboxylic acid groups (broad SMARTS) is 2. The maximum atomic E-state index is 14.3. The molecule has 0 spiro atoms. The number of aryl methyl sites for hydroxylation is 1. The fourth-order valence-corrected chi connectivity index (χ4v) is 7.96. The summed E-state index contributed by atoms with van der Waals surface area (Å²) in [5.41, 5.74) is 6.28. The zero-order valence-corrected chi connectivity index (χ0v) is 37.5. The van der Waals surface area contributed by atoms with Crippen molar-refractivity contribution in [3.63, 3.8) is 0 Å². The molecule has 0 aliphatic carbocycles. The number of imide groups is 1. The number of nitrogens with two attached hydrogens (primary N) is 1. The first-order valence-electron chi connectivity index (χ1n) is 20.0. The molecule has 8 N–H and O–H groups in total. The van der Waals surface area contributed by atoms with Gasteiger partial charge in [0, 0.05) is 49.7 Å². The molecule has 0 bridgehead atoms. The Kier molecular flexibility index (Phi) is 19.0. The van der Waals surface area contributed by atoms with Gasteiger partial charge in [-0.1, -0.05) is 84.4 Å². The van der Waals surface area contributed by atoms with Gasteiger partial charge >= 0.3 is 11.9 Å². The molecular formula is C42H65N7O10S. The number of likely N-dealkylation sites (N-methyl/N-ethyl adjacent to an activating group) is 2. The van der Waals surface area contributed by atoms with Crippen molar-refractivity contribution in [2.24, 2.45) is 17.1 Å². The van der Waals surface area contributed by atoms with Crippen LogP contribution in [0.4, 0.5) is 0 Å². The smallest absolute Gasteiger partial charge is 0.326 e. The largest absolute Gasteiger partial charge is 0.480 e. The van der Waals surface area contributed by atoms with Gasteiger partial charge in [-0.2, -0.15) is 0 Å². The second-order valence-electron chi connectivity index (χ2n) is 17.3. The van der Waals surface area contributed by atoms with Crippen molar-refractivity contribution >= 4 is 59.1 Å². The number of carboxylic acids is 2. The summed E-state index contributed by atoms with van der Waals surface area (Å²) in [5.74, 6) is -5.85. The van der Waals surface area contributed by atoms with Gasteiger partial charge in [0.15, 0.2) is 0 Å². The zero-order chi connectivity index (χ0) is 45.9. The van der Waals surface area contributed by atoms with Gasteiger partial charge in [-0.15, -0.1) is 11.8 Å².